The van der Waals surface area contributed by atoms with Gasteiger partial charge in [0.25, 0.3) is 5.91 Å². The summed E-state index contributed by atoms with van der Waals surface area (Å²) in [4.78, 5) is 15.6. The zero-order valence-corrected chi connectivity index (χ0v) is 8.85. The summed E-state index contributed by atoms with van der Waals surface area (Å²) >= 11 is 0. The maximum atomic E-state index is 12.9. The van der Waals surface area contributed by atoms with E-state index in [2.05, 4.69) is 10.3 Å². The lowest BCUT2D eigenvalue weighted by molar-refractivity contribution is 0.102. The molecule has 0 saturated carbocycles. The van der Waals surface area contributed by atoms with Crippen LogP contribution in [0.25, 0.3) is 0 Å². The Bertz CT molecular complexity index is 540. The van der Waals surface area contributed by atoms with Crippen molar-refractivity contribution in [3.8, 4) is 0 Å². The second-order valence-electron chi connectivity index (χ2n) is 3.44. The number of rotatable bonds is 2. The van der Waals surface area contributed by atoms with E-state index in [1.54, 1.807) is 12.1 Å². The Morgan fingerprint density at radius 3 is 2.76 bits per heavy atom. The van der Waals surface area contributed by atoms with Gasteiger partial charge >= 0.3 is 0 Å². The highest BCUT2D eigenvalue weighted by Gasteiger charge is 2.07. The van der Waals surface area contributed by atoms with Gasteiger partial charge in [-0.25, -0.2) is 9.37 Å². The van der Waals surface area contributed by atoms with Crippen molar-refractivity contribution in [2.24, 2.45) is 0 Å². The number of nitrogens with one attached hydrogen (secondary N) is 1. The van der Waals surface area contributed by atoms with Crippen LogP contribution in [0.5, 0.6) is 0 Å². The third kappa shape index (κ3) is 2.78. The molecule has 2 aromatic rings. The quantitative estimate of drug-likeness (QED) is 0.831. The third-order valence-electron chi connectivity index (χ3n) is 2.10. The molecule has 0 spiro atoms. The first-order valence-electron chi connectivity index (χ1n) is 4.93. The molecule has 3 N–H and O–H groups in total. The van der Waals surface area contributed by atoms with Gasteiger partial charge in [-0.2, -0.15) is 0 Å². The standard InChI is InChI=1S/C12H10FN3O/c13-8-2-1-3-10(6-8)16-12(17)11-5-4-9(14)7-15-11/h1-7H,14H2,(H,16,17). The molecule has 0 unspecified atom stereocenters. The molecular formula is C12H10FN3O. The molecule has 0 atom stereocenters. The van der Waals surface area contributed by atoms with Gasteiger partial charge < -0.3 is 11.1 Å². The molecule has 0 fully saturated rings. The van der Waals surface area contributed by atoms with Crippen LogP contribution in [0.2, 0.25) is 0 Å². The summed E-state index contributed by atoms with van der Waals surface area (Å²) in [7, 11) is 0. The molecule has 0 saturated heterocycles. The molecule has 1 aromatic carbocycles. The van der Waals surface area contributed by atoms with Crippen molar-refractivity contribution in [3.05, 3.63) is 54.1 Å². The fourth-order valence-electron chi connectivity index (χ4n) is 1.30. The lowest BCUT2D eigenvalue weighted by atomic mass is 10.3. The van der Waals surface area contributed by atoms with Crippen LogP contribution in [0.1, 0.15) is 10.5 Å². The number of carbonyl (C=O) groups is 1. The predicted molar refractivity (Wildman–Crippen MR) is 63.0 cm³/mol. The number of nitrogens with two attached hydrogens (primary N) is 1. The fourth-order valence-corrected chi connectivity index (χ4v) is 1.30. The molecule has 4 nitrogen and oxygen atoms in total. The van der Waals surface area contributed by atoms with Crippen molar-refractivity contribution in [2.75, 3.05) is 11.1 Å². The molecule has 17 heavy (non-hydrogen) atoms. The van der Waals surface area contributed by atoms with Crippen molar-refractivity contribution in [2.45, 2.75) is 0 Å². The molecule has 1 heterocycles. The van der Waals surface area contributed by atoms with Gasteiger partial charge in [0.15, 0.2) is 0 Å². The Morgan fingerprint density at radius 1 is 1.29 bits per heavy atom. The Kier molecular flexibility index (Phi) is 3.00. The zero-order valence-electron chi connectivity index (χ0n) is 8.85. The zero-order chi connectivity index (χ0) is 12.3. The van der Waals surface area contributed by atoms with Gasteiger partial charge in [0.1, 0.15) is 11.5 Å². The minimum Gasteiger partial charge on any atom is -0.397 e. The summed E-state index contributed by atoms with van der Waals surface area (Å²) in [5.74, 6) is -0.816. The molecular weight excluding hydrogens is 221 g/mol. The minimum absolute atomic E-state index is 0.225. The van der Waals surface area contributed by atoms with Crippen LogP contribution in [0, 0.1) is 5.82 Å². The number of pyridine rings is 1. The molecule has 5 heteroatoms. The molecule has 0 aliphatic carbocycles. The summed E-state index contributed by atoms with van der Waals surface area (Å²) in [6.07, 6.45) is 1.39. The van der Waals surface area contributed by atoms with Crippen molar-refractivity contribution in [1.82, 2.24) is 4.98 Å². The van der Waals surface area contributed by atoms with E-state index >= 15 is 0 Å². The lowest BCUT2D eigenvalue weighted by Crippen LogP contribution is -2.13. The fraction of sp³-hybridized carbons (Fsp3) is 0. The third-order valence-corrected chi connectivity index (χ3v) is 2.10. The first-order valence-corrected chi connectivity index (χ1v) is 4.93. The molecule has 2 rings (SSSR count). The van der Waals surface area contributed by atoms with E-state index < -0.39 is 11.7 Å². The first-order chi connectivity index (χ1) is 8.15. The molecule has 1 amide bonds. The molecule has 86 valence electrons. The Hall–Kier alpha value is -2.43. The number of nitrogen functional groups attached to an aromatic ring is 1. The molecule has 0 aliphatic rings. The van der Waals surface area contributed by atoms with E-state index in [-0.39, 0.29) is 5.69 Å². The minimum atomic E-state index is -0.409. The summed E-state index contributed by atoms with van der Waals surface area (Å²) < 4.78 is 12.9. The summed E-state index contributed by atoms with van der Waals surface area (Å²) in [6, 6.07) is 8.73. The highest BCUT2D eigenvalue weighted by atomic mass is 19.1. The highest BCUT2D eigenvalue weighted by Crippen LogP contribution is 2.10. The normalized spacial score (nSPS) is 9.94. The average molecular weight is 231 g/mol. The maximum absolute atomic E-state index is 12.9. The van der Waals surface area contributed by atoms with E-state index in [1.807, 2.05) is 0 Å². The van der Waals surface area contributed by atoms with Crippen LogP contribution >= 0.6 is 0 Å². The van der Waals surface area contributed by atoms with Crippen molar-refractivity contribution >= 4 is 17.3 Å². The number of carbonyl (C=O) groups excluding carboxylic acids is 1. The summed E-state index contributed by atoms with van der Waals surface area (Å²) in [5.41, 5.74) is 6.54. The van der Waals surface area contributed by atoms with Crippen LogP contribution in [-0.2, 0) is 0 Å². The Labute approximate surface area is 97.3 Å². The van der Waals surface area contributed by atoms with Crippen molar-refractivity contribution < 1.29 is 9.18 Å². The highest BCUT2D eigenvalue weighted by molar-refractivity contribution is 6.02. The number of halogens is 1. The number of hydrogen-bond donors (Lipinski definition) is 2. The number of hydrogen-bond acceptors (Lipinski definition) is 3. The van der Waals surface area contributed by atoms with Gasteiger partial charge in [-0.1, -0.05) is 6.07 Å². The molecule has 0 bridgehead atoms. The van der Waals surface area contributed by atoms with Crippen molar-refractivity contribution in [1.29, 1.82) is 0 Å². The molecule has 1 aromatic heterocycles. The van der Waals surface area contributed by atoms with E-state index in [4.69, 9.17) is 5.73 Å². The number of amides is 1. The lowest BCUT2D eigenvalue weighted by Gasteiger charge is -2.04. The largest absolute Gasteiger partial charge is 0.397 e. The van der Waals surface area contributed by atoms with Crippen LogP contribution in [0.15, 0.2) is 42.6 Å². The van der Waals surface area contributed by atoms with Crippen LogP contribution < -0.4 is 11.1 Å². The van der Waals surface area contributed by atoms with E-state index in [0.29, 0.717) is 11.4 Å². The number of aromatic nitrogens is 1. The monoisotopic (exact) mass is 231 g/mol. The Balaban J connectivity index is 2.14. The van der Waals surface area contributed by atoms with Gasteiger partial charge in [-0.05, 0) is 30.3 Å². The average Bonchev–Trinajstić information content (AvgIpc) is 2.29. The van der Waals surface area contributed by atoms with Gasteiger partial charge in [0.2, 0.25) is 0 Å². The van der Waals surface area contributed by atoms with Crippen LogP contribution in [0.3, 0.4) is 0 Å². The van der Waals surface area contributed by atoms with Gasteiger partial charge in [-0.15, -0.1) is 0 Å². The maximum Gasteiger partial charge on any atom is 0.274 e. The van der Waals surface area contributed by atoms with Crippen molar-refractivity contribution in [3.63, 3.8) is 0 Å². The Morgan fingerprint density at radius 2 is 2.12 bits per heavy atom. The van der Waals surface area contributed by atoms with E-state index in [0.717, 1.165) is 0 Å². The topological polar surface area (TPSA) is 68.0 Å². The van der Waals surface area contributed by atoms with Gasteiger partial charge in [-0.3, -0.25) is 4.79 Å². The number of benzene rings is 1. The smallest absolute Gasteiger partial charge is 0.274 e. The molecule has 0 aliphatic heterocycles. The second kappa shape index (κ2) is 4.61. The van der Waals surface area contributed by atoms with E-state index in [9.17, 15) is 9.18 Å². The molecule has 0 radical (unpaired) electrons. The second-order valence-corrected chi connectivity index (χ2v) is 3.44. The summed E-state index contributed by atoms with van der Waals surface area (Å²) in [5, 5.41) is 2.54. The number of anilines is 2. The van der Waals surface area contributed by atoms with Gasteiger partial charge in [0, 0.05) is 5.69 Å². The van der Waals surface area contributed by atoms with Gasteiger partial charge in [0.05, 0.1) is 11.9 Å². The SMILES string of the molecule is Nc1ccc(C(=O)Nc2cccc(F)c2)nc1. The summed E-state index contributed by atoms with van der Waals surface area (Å²) in [6.45, 7) is 0. The first kappa shape index (κ1) is 11.1. The van der Waals surface area contributed by atoms with E-state index in [1.165, 1.54) is 30.5 Å². The van der Waals surface area contributed by atoms with Crippen LogP contribution in [0.4, 0.5) is 15.8 Å². The number of nitrogens with zero attached hydrogens (tertiary/aromatic N) is 1. The van der Waals surface area contributed by atoms with Crippen LogP contribution in [-0.4, -0.2) is 10.9 Å². The predicted octanol–water partition coefficient (Wildman–Crippen LogP) is 2.06.